The normalized spacial score (nSPS) is 20.7. The zero-order chi connectivity index (χ0) is 11.2. The van der Waals surface area contributed by atoms with Crippen LogP contribution in [-0.4, -0.2) is 29.9 Å². The van der Waals surface area contributed by atoms with Gasteiger partial charge < -0.3 is 10.1 Å². The number of hydrogen-bond donors (Lipinski definition) is 1. The molecular weight excluding hydrogens is 202 g/mol. The summed E-state index contributed by atoms with van der Waals surface area (Å²) in [5.41, 5.74) is 0.920. The van der Waals surface area contributed by atoms with Crippen LogP contribution in [0.2, 0.25) is 0 Å². The molecule has 1 atom stereocenters. The van der Waals surface area contributed by atoms with Crippen molar-refractivity contribution in [1.29, 1.82) is 0 Å². The number of nitrogens with zero attached hydrogens (tertiary/aromatic N) is 2. The largest absolute Gasteiger partial charge is 0.477 e. The molecule has 1 saturated heterocycles. The standard InChI is InChI=1S/C12H19N3O/c1-10-4-5-12(15-14-10)16-8-6-11-3-2-7-13-9-11/h4-5,11,13H,2-3,6-9H2,1H3/t11-/m1/s1. The second kappa shape index (κ2) is 5.80. The highest BCUT2D eigenvalue weighted by Gasteiger charge is 2.12. The van der Waals surface area contributed by atoms with E-state index in [9.17, 15) is 0 Å². The lowest BCUT2D eigenvalue weighted by molar-refractivity contribution is 0.245. The first-order valence-electron chi connectivity index (χ1n) is 5.98. The molecule has 4 heteroatoms. The van der Waals surface area contributed by atoms with Crippen molar-refractivity contribution in [2.24, 2.45) is 5.92 Å². The molecule has 0 spiro atoms. The van der Waals surface area contributed by atoms with Gasteiger partial charge >= 0.3 is 0 Å². The van der Waals surface area contributed by atoms with Gasteiger partial charge in [-0.25, -0.2) is 0 Å². The minimum Gasteiger partial charge on any atom is -0.477 e. The fraction of sp³-hybridized carbons (Fsp3) is 0.667. The van der Waals surface area contributed by atoms with Gasteiger partial charge in [0.25, 0.3) is 0 Å². The Balaban J connectivity index is 1.69. The molecule has 0 unspecified atom stereocenters. The fourth-order valence-electron chi connectivity index (χ4n) is 1.96. The van der Waals surface area contributed by atoms with E-state index in [1.165, 1.54) is 19.4 Å². The minimum atomic E-state index is 0.634. The average molecular weight is 221 g/mol. The third-order valence-electron chi connectivity index (χ3n) is 2.95. The number of nitrogens with one attached hydrogen (secondary N) is 1. The van der Waals surface area contributed by atoms with Crippen LogP contribution < -0.4 is 10.1 Å². The molecule has 1 aromatic rings. The molecule has 1 aliphatic rings. The predicted molar refractivity (Wildman–Crippen MR) is 62.5 cm³/mol. The van der Waals surface area contributed by atoms with E-state index >= 15 is 0 Å². The molecular formula is C12H19N3O. The van der Waals surface area contributed by atoms with Gasteiger partial charge in [0.2, 0.25) is 5.88 Å². The number of piperidine rings is 1. The van der Waals surface area contributed by atoms with Gasteiger partial charge in [-0.2, -0.15) is 5.10 Å². The molecule has 88 valence electrons. The molecule has 1 aliphatic heterocycles. The Morgan fingerprint density at radius 2 is 2.38 bits per heavy atom. The highest BCUT2D eigenvalue weighted by atomic mass is 16.5. The van der Waals surface area contributed by atoms with Gasteiger partial charge in [0.05, 0.1) is 12.3 Å². The topological polar surface area (TPSA) is 47.0 Å². The predicted octanol–water partition coefficient (Wildman–Crippen LogP) is 1.55. The maximum Gasteiger partial charge on any atom is 0.233 e. The Morgan fingerprint density at radius 3 is 3.06 bits per heavy atom. The van der Waals surface area contributed by atoms with Crippen LogP contribution in [0.4, 0.5) is 0 Å². The van der Waals surface area contributed by atoms with Crippen molar-refractivity contribution in [2.45, 2.75) is 26.2 Å². The summed E-state index contributed by atoms with van der Waals surface area (Å²) in [6.45, 7) is 4.96. The Labute approximate surface area is 96.4 Å². The minimum absolute atomic E-state index is 0.634. The zero-order valence-corrected chi connectivity index (χ0v) is 9.78. The molecule has 2 rings (SSSR count). The van der Waals surface area contributed by atoms with E-state index in [2.05, 4.69) is 15.5 Å². The van der Waals surface area contributed by atoms with Gasteiger partial charge in [0.1, 0.15) is 0 Å². The lowest BCUT2D eigenvalue weighted by atomic mass is 9.97. The molecule has 1 N–H and O–H groups in total. The summed E-state index contributed by atoms with van der Waals surface area (Å²) < 4.78 is 5.56. The van der Waals surface area contributed by atoms with E-state index in [-0.39, 0.29) is 0 Å². The van der Waals surface area contributed by atoms with Crippen LogP contribution in [0.5, 0.6) is 5.88 Å². The molecule has 0 bridgehead atoms. The first kappa shape index (κ1) is 11.3. The highest BCUT2D eigenvalue weighted by molar-refractivity contribution is 5.10. The maximum absolute atomic E-state index is 5.56. The van der Waals surface area contributed by atoms with E-state index < -0.39 is 0 Å². The van der Waals surface area contributed by atoms with Crippen molar-refractivity contribution >= 4 is 0 Å². The first-order chi connectivity index (χ1) is 7.84. The van der Waals surface area contributed by atoms with Crippen molar-refractivity contribution in [3.63, 3.8) is 0 Å². The van der Waals surface area contributed by atoms with Crippen LogP contribution in [-0.2, 0) is 0 Å². The molecule has 0 aliphatic carbocycles. The third-order valence-corrected chi connectivity index (χ3v) is 2.95. The SMILES string of the molecule is Cc1ccc(OCC[C@H]2CCCNC2)nn1. The molecule has 1 fully saturated rings. The van der Waals surface area contributed by atoms with Crippen LogP contribution >= 0.6 is 0 Å². The van der Waals surface area contributed by atoms with Gasteiger partial charge in [-0.1, -0.05) is 0 Å². The summed E-state index contributed by atoms with van der Waals surface area (Å²) in [6.07, 6.45) is 3.70. The molecule has 0 aromatic carbocycles. The van der Waals surface area contributed by atoms with Crippen molar-refractivity contribution in [3.05, 3.63) is 17.8 Å². The molecule has 0 saturated carbocycles. The number of aryl methyl sites for hydroxylation is 1. The molecule has 1 aromatic heterocycles. The van der Waals surface area contributed by atoms with Crippen molar-refractivity contribution in [1.82, 2.24) is 15.5 Å². The lowest BCUT2D eigenvalue weighted by Gasteiger charge is -2.22. The van der Waals surface area contributed by atoms with E-state index in [1.807, 2.05) is 19.1 Å². The molecule has 16 heavy (non-hydrogen) atoms. The summed E-state index contributed by atoms with van der Waals surface area (Å²) in [5, 5.41) is 11.3. The van der Waals surface area contributed by atoms with Gasteiger partial charge in [0.15, 0.2) is 0 Å². The molecule has 0 amide bonds. The van der Waals surface area contributed by atoms with Crippen LogP contribution in [0.15, 0.2) is 12.1 Å². The second-order valence-corrected chi connectivity index (χ2v) is 4.36. The van der Waals surface area contributed by atoms with E-state index in [0.717, 1.165) is 31.2 Å². The van der Waals surface area contributed by atoms with Crippen molar-refractivity contribution < 1.29 is 4.74 Å². The van der Waals surface area contributed by atoms with Gasteiger partial charge in [0, 0.05) is 6.07 Å². The Bertz CT molecular complexity index is 307. The van der Waals surface area contributed by atoms with E-state index in [0.29, 0.717) is 5.88 Å². The quantitative estimate of drug-likeness (QED) is 0.838. The van der Waals surface area contributed by atoms with Gasteiger partial charge in [-0.05, 0) is 51.3 Å². The lowest BCUT2D eigenvalue weighted by Crippen LogP contribution is -2.30. The third kappa shape index (κ3) is 3.45. The Kier molecular flexibility index (Phi) is 4.10. The first-order valence-corrected chi connectivity index (χ1v) is 5.98. The Morgan fingerprint density at radius 1 is 1.44 bits per heavy atom. The number of ether oxygens (including phenoxy) is 1. The number of hydrogen-bond acceptors (Lipinski definition) is 4. The van der Waals surface area contributed by atoms with E-state index in [1.54, 1.807) is 0 Å². The van der Waals surface area contributed by atoms with Crippen LogP contribution in [0.3, 0.4) is 0 Å². The van der Waals surface area contributed by atoms with Crippen LogP contribution in [0, 0.1) is 12.8 Å². The zero-order valence-electron chi connectivity index (χ0n) is 9.78. The number of rotatable bonds is 4. The smallest absolute Gasteiger partial charge is 0.233 e. The van der Waals surface area contributed by atoms with Gasteiger partial charge in [-0.3, -0.25) is 0 Å². The summed E-state index contributed by atoms with van der Waals surface area (Å²) in [5.74, 6) is 1.39. The summed E-state index contributed by atoms with van der Waals surface area (Å²) in [4.78, 5) is 0. The highest BCUT2D eigenvalue weighted by Crippen LogP contribution is 2.14. The molecule has 0 radical (unpaired) electrons. The van der Waals surface area contributed by atoms with E-state index in [4.69, 9.17) is 4.74 Å². The van der Waals surface area contributed by atoms with Crippen LogP contribution in [0.1, 0.15) is 25.0 Å². The average Bonchev–Trinajstić information content (AvgIpc) is 2.33. The number of aromatic nitrogens is 2. The van der Waals surface area contributed by atoms with Crippen LogP contribution in [0.25, 0.3) is 0 Å². The maximum atomic E-state index is 5.56. The van der Waals surface area contributed by atoms with Gasteiger partial charge in [-0.15, -0.1) is 5.10 Å². The molecule has 4 nitrogen and oxygen atoms in total. The monoisotopic (exact) mass is 221 g/mol. The van der Waals surface area contributed by atoms with Crippen molar-refractivity contribution in [3.8, 4) is 5.88 Å². The second-order valence-electron chi connectivity index (χ2n) is 4.36. The summed E-state index contributed by atoms with van der Waals surface area (Å²) >= 11 is 0. The molecule has 2 heterocycles. The fourth-order valence-corrected chi connectivity index (χ4v) is 1.96. The Hall–Kier alpha value is -1.16. The van der Waals surface area contributed by atoms with Crippen molar-refractivity contribution in [2.75, 3.05) is 19.7 Å². The summed E-state index contributed by atoms with van der Waals surface area (Å²) in [6, 6.07) is 3.80. The summed E-state index contributed by atoms with van der Waals surface area (Å²) in [7, 11) is 0.